The van der Waals surface area contributed by atoms with Gasteiger partial charge in [-0.05, 0) is 29.7 Å². The van der Waals surface area contributed by atoms with Crippen molar-refractivity contribution in [1.29, 1.82) is 0 Å². The number of hydrogen-bond acceptors (Lipinski definition) is 2. The minimum Gasteiger partial charge on any atom is -0.545 e. The van der Waals surface area contributed by atoms with Crippen LogP contribution in [0.4, 0.5) is 0 Å². The Morgan fingerprint density at radius 3 is 2.61 bits per heavy atom. The molecule has 0 saturated heterocycles. The number of carbonyl (C=O) groups is 1. The topological polar surface area (TPSA) is 40.1 Å². The number of benzene rings is 1. The molecule has 1 aromatic carbocycles. The average molecular weight is 282 g/mol. The standard InChI is InChI=1S/C14H12Cl2O2/c1-9-4-2-3-5-11(9)14(16)8-10(13(17)18)6-7-12(14)15/h2-7H,8H2,1H3,(H,17,18)/p-1. The van der Waals surface area contributed by atoms with Gasteiger partial charge in [0, 0.05) is 11.5 Å². The number of hydrogen-bond donors (Lipinski definition) is 0. The van der Waals surface area contributed by atoms with Crippen molar-refractivity contribution < 1.29 is 9.90 Å². The predicted molar refractivity (Wildman–Crippen MR) is 70.4 cm³/mol. The van der Waals surface area contributed by atoms with Crippen LogP contribution in [0.25, 0.3) is 0 Å². The van der Waals surface area contributed by atoms with Gasteiger partial charge in [0.25, 0.3) is 0 Å². The van der Waals surface area contributed by atoms with E-state index >= 15 is 0 Å². The molecule has 0 fully saturated rings. The van der Waals surface area contributed by atoms with Crippen molar-refractivity contribution in [2.45, 2.75) is 18.2 Å². The van der Waals surface area contributed by atoms with Crippen LogP contribution in [-0.4, -0.2) is 5.97 Å². The van der Waals surface area contributed by atoms with Crippen LogP contribution in [0.3, 0.4) is 0 Å². The first-order valence-corrected chi connectivity index (χ1v) is 6.24. The Morgan fingerprint density at radius 1 is 1.33 bits per heavy atom. The van der Waals surface area contributed by atoms with Crippen molar-refractivity contribution >= 4 is 29.2 Å². The summed E-state index contributed by atoms with van der Waals surface area (Å²) in [6.45, 7) is 1.92. The van der Waals surface area contributed by atoms with Crippen LogP contribution in [0.2, 0.25) is 0 Å². The molecule has 94 valence electrons. The lowest BCUT2D eigenvalue weighted by atomic mass is 9.85. The monoisotopic (exact) mass is 281 g/mol. The molecule has 1 unspecified atom stereocenters. The van der Waals surface area contributed by atoms with Gasteiger partial charge in [-0.25, -0.2) is 0 Å². The van der Waals surface area contributed by atoms with E-state index in [2.05, 4.69) is 0 Å². The van der Waals surface area contributed by atoms with Gasteiger partial charge in [0.2, 0.25) is 0 Å². The van der Waals surface area contributed by atoms with Crippen LogP contribution in [0.1, 0.15) is 17.5 Å². The lowest BCUT2D eigenvalue weighted by Crippen LogP contribution is -2.31. The fourth-order valence-corrected chi connectivity index (χ4v) is 2.74. The molecule has 1 aliphatic rings. The molecule has 2 rings (SSSR count). The summed E-state index contributed by atoms with van der Waals surface area (Å²) in [5.41, 5.74) is 1.94. The van der Waals surface area contributed by atoms with Gasteiger partial charge in [0.1, 0.15) is 4.87 Å². The van der Waals surface area contributed by atoms with Gasteiger partial charge >= 0.3 is 0 Å². The third-order valence-corrected chi connectivity index (χ3v) is 4.16. The Morgan fingerprint density at radius 2 is 2.00 bits per heavy atom. The summed E-state index contributed by atoms with van der Waals surface area (Å²) < 4.78 is 0. The summed E-state index contributed by atoms with van der Waals surface area (Å²) >= 11 is 12.7. The second kappa shape index (κ2) is 4.79. The van der Waals surface area contributed by atoms with Crippen LogP contribution < -0.4 is 5.11 Å². The SMILES string of the molecule is Cc1ccccc1C1(Cl)CC(C(=O)[O-])=CC=C1Cl. The molecule has 0 aromatic heterocycles. The van der Waals surface area contributed by atoms with Crippen LogP contribution in [0.5, 0.6) is 0 Å². The Bertz CT molecular complexity index is 561. The maximum Gasteiger partial charge on any atom is 0.109 e. The van der Waals surface area contributed by atoms with E-state index in [0.717, 1.165) is 11.1 Å². The van der Waals surface area contributed by atoms with Crippen molar-refractivity contribution in [2.75, 3.05) is 0 Å². The molecule has 1 aliphatic carbocycles. The van der Waals surface area contributed by atoms with Crippen molar-refractivity contribution in [3.63, 3.8) is 0 Å². The molecule has 0 spiro atoms. The van der Waals surface area contributed by atoms with Crippen LogP contribution in [0.15, 0.2) is 47.0 Å². The molecule has 0 amide bonds. The van der Waals surface area contributed by atoms with Crippen LogP contribution in [-0.2, 0) is 9.67 Å². The highest BCUT2D eigenvalue weighted by Gasteiger charge is 2.37. The molecule has 18 heavy (non-hydrogen) atoms. The molecule has 1 aromatic rings. The van der Waals surface area contributed by atoms with Crippen LogP contribution >= 0.6 is 23.2 Å². The van der Waals surface area contributed by atoms with Gasteiger partial charge in [-0.2, -0.15) is 0 Å². The second-order valence-corrected chi connectivity index (χ2v) is 5.34. The molecular formula is C14H11Cl2O2-. The first-order chi connectivity index (χ1) is 8.45. The number of carboxylic acid groups (broad SMARTS) is 1. The van der Waals surface area contributed by atoms with Gasteiger partial charge < -0.3 is 9.90 Å². The van der Waals surface area contributed by atoms with E-state index in [4.69, 9.17) is 23.2 Å². The van der Waals surface area contributed by atoms with Gasteiger partial charge in [0.15, 0.2) is 0 Å². The molecule has 0 saturated carbocycles. The maximum atomic E-state index is 11.0. The van der Waals surface area contributed by atoms with Crippen molar-refractivity contribution in [3.05, 3.63) is 58.1 Å². The maximum absolute atomic E-state index is 11.0. The Hall–Kier alpha value is -1.25. The number of carboxylic acids is 1. The summed E-state index contributed by atoms with van der Waals surface area (Å²) in [5.74, 6) is -1.21. The number of alkyl halides is 1. The van der Waals surface area contributed by atoms with E-state index in [-0.39, 0.29) is 12.0 Å². The smallest absolute Gasteiger partial charge is 0.109 e. The average Bonchev–Trinajstić information content (AvgIpc) is 2.33. The van der Waals surface area contributed by atoms with E-state index in [1.54, 1.807) is 0 Å². The first kappa shape index (κ1) is 13.2. The number of aliphatic carboxylic acids is 1. The molecule has 0 radical (unpaired) electrons. The van der Waals surface area contributed by atoms with E-state index in [9.17, 15) is 9.90 Å². The zero-order chi connectivity index (χ0) is 13.3. The number of allylic oxidation sites excluding steroid dienone is 3. The number of rotatable bonds is 2. The molecule has 0 aliphatic heterocycles. The fourth-order valence-electron chi connectivity index (χ4n) is 2.09. The minimum absolute atomic E-state index is 0.122. The largest absolute Gasteiger partial charge is 0.545 e. The van der Waals surface area contributed by atoms with E-state index in [0.29, 0.717) is 5.03 Å². The van der Waals surface area contributed by atoms with Crippen molar-refractivity contribution in [1.82, 2.24) is 0 Å². The van der Waals surface area contributed by atoms with Gasteiger partial charge in [0.05, 0.1) is 5.97 Å². The third-order valence-electron chi connectivity index (χ3n) is 3.08. The molecule has 0 bridgehead atoms. The Kier molecular flexibility index (Phi) is 3.51. The predicted octanol–water partition coefficient (Wildman–Crippen LogP) is 2.63. The lowest BCUT2D eigenvalue weighted by molar-refractivity contribution is -0.299. The fraction of sp³-hybridized carbons (Fsp3) is 0.214. The number of halogens is 2. The summed E-state index contributed by atoms with van der Waals surface area (Å²) in [4.78, 5) is 9.94. The second-order valence-electron chi connectivity index (χ2n) is 4.29. The minimum atomic E-state index is -1.21. The first-order valence-electron chi connectivity index (χ1n) is 5.48. The van der Waals surface area contributed by atoms with E-state index in [1.165, 1.54) is 12.2 Å². The zero-order valence-electron chi connectivity index (χ0n) is 9.74. The number of aryl methyl sites for hydroxylation is 1. The van der Waals surface area contributed by atoms with Crippen molar-refractivity contribution in [2.24, 2.45) is 0 Å². The highest BCUT2D eigenvalue weighted by Crippen LogP contribution is 2.47. The lowest BCUT2D eigenvalue weighted by Gasteiger charge is -2.32. The highest BCUT2D eigenvalue weighted by atomic mass is 35.5. The van der Waals surface area contributed by atoms with Crippen molar-refractivity contribution in [3.8, 4) is 0 Å². The zero-order valence-corrected chi connectivity index (χ0v) is 11.3. The number of carbonyl (C=O) groups excluding carboxylic acids is 1. The van der Waals surface area contributed by atoms with Crippen LogP contribution in [0, 0.1) is 6.92 Å². The highest BCUT2D eigenvalue weighted by molar-refractivity contribution is 6.40. The quantitative estimate of drug-likeness (QED) is 0.782. The van der Waals surface area contributed by atoms with Gasteiger partial charge in [-0.3, -0.25) is 0 Å². The normalized spacial score (nSPS) is 23.3. The summed E-state index contributed by atoms with van der Waals surface area (Å²) in [6, 6.07) is 7.53. The molecular weight excluding hydrogens is 271 g/mol. The summed E-state index contributed by atoms with van der Waals surface area (Å²) in [6.07, 6.45) is 3.09. The van der Waals surface area contributed by atoms with Gasteiger partial charge in [-0.1, -0.05) is 41.9 Å². The molecule has 0 heterocycles. The molecule has 4 heteroatoms. The Labute approximate surface area is 116 Å². The van der Waals surface area contributed by atoms with Gasteiger partial charge in [-0.15, -0.1) is 11.6 Å². The van der Waals surface area contributed by atoms with E-state index < -0.39 is 10.8 Å². The molecule has 2 nitrogen and oxygen atoms in total. The summed E-state index contributed by atoms with van der Waals surface area (Å²) in [7, 11) is 0. The summed E-state index contributed by atoms with van der Waals surface area (Å²) in [5, 5.41) is 11.4. The van der Waals surface area contributed by atoms with E-state index in [1.807, 2.05) is 31.2 Å². The Balaban J connectivity index is 2.50. The third kappa shape index (κ3) is 2.18. The molecule has 1 atom stereocenters. The molecule has 0 N–H and O–H groups in total.